The van der Waals surface area contributed by atoms with E-state index in [4.69, 9.17) is 11.6 Å². The second kappa shape index (κ2) is 3.50. The molecule has 0 N–H and O–H groups in total. The standard InChI is InChI=1S/C5H8ClNO/c1-7(2)3-5(6)4-8/h3-4H,1-2H3. The van der Waals surface area contributed by atoms with Crippen LogP contribution >= 0.6 is 11.6 Å². The lowest BCUT2D eigenvalue weighted by atomic mass is 10.6. The topological polar surface area (TPSA) is 20.3 Å². The summed E-state index contributed by atoms with van der Waals surface area (Å²) in [4.78, 5) is 11.5. The van der Waals surface area contributed by atoms with Crippen LogP contribution in [0.15, 0.2) is 11.2 Å². The van der Waals surface area contributed by atoms with Crippen molar-refractivity contribution < 1.29 is 4.79 Å². The second-order valence-electron chi connectivity index (χ2n) is 1.60. The summed E-state index contributed by atoms with van der Waals surface area (Å²) in [6.45, 7) is 0. The molecule has 0 unspecified atom stereocenters. The van der Waals surface area contributed by atoms with Crippen LogP contribution in [0, 0.1) is 0 Å². The van der Waals surface area contributed by atoms with Gasteiger partial charge in [0.15, 0.2) is 6.29 Å². The number of hydrogen-bond acceptors (Lipinski definition) is 2. The van der Waals surface area contributed by atoms with Crippen LogP contribution in [0.25, 0.3) is 0 Å². The molecule has 0 bridgehead atoms. The molecule has 0 amide bonds. The lowest BCUT2D eigenvalue weighted by Gasteiger charge is -2.01. The third-order valence-electron chi connectivity index (χ3n) is 0.494. The Morgan fingerprint density at radius 2 is 2.12 bits per heavy atom. The number of rotatable bonds is 2. The molecule has 0 heterocycles. The Labute approximate surface area is 53.7 Å². The molecule has 0 aliphatic carbocycles. The fraction of sp³-hybridized carbons (Fsp3) is 0.400. The van der Waals surface area contributed by atoms with E-state index in [1.54, 1.807) is 19.0 Å². The highest BCUT2D eigenvalue weighted by molar-refractivity contribution is 6.38. The van der Waals surface area contributed by atoms with Crippen LogP contribution < -0.4 is 0 Å². The number of halogens is 1. The maximum Gasteiger partial charge on any atom is 0.162 e. The molecule has 0 aromatic carbocycles. The van der Waals surface area contributed by atoms with E-state index >= 15 is 0 Å². The van der Waals surface area contributed by atoms with Gasteiger partial charge < -0.3 is 4.90 Å². The summed E-state index contributed by atoms with van der Waals surface area (Å²) in [6, 6.07) is 0. The molecule has 0 aliphatic heterocycles. The van der Waals surface area contributed by atoms with E-state index in [2.05, 4.69) is 0 Å². The Morgan fingerprint density at radius 1 is 1.62 bits per heavy atom. The normalized spacial score (nSPS) is 11.1. The highest BCUT2D eigenvalue weighted by Gasteiger charge is 1.85. The van der Waals surface area contributed by atoms with Gasteiger partial charge in [-0.05, 0) is 0 Å². The van der Waals surface area contributed by atoms with Crippen molar-refractivity contribution in [2.24, 2.45) is 0 Å². The minimum Gasteiger partial charge on any atom is -0.382 e. The Morgan fingerprint density at radius 3 is 2.25 bits per heavy atom. The first-order chi connectivity index (χ1) is 3.66. The predicted molar refractivity (Wildman–Crippen MR) is 33.7 cm³/mol. The van der Waals surface area contributed by atoms with Gasteiger partial charge in [0.05, 0.1) is 5.03 Å². The zero-order valence-corrected chi connectivity index (χ0v) is 5.64. The van der Waals surface area contributed by atoms with Crippen molar-refractivity contribution in [3.8, 4) is 0 Å². The van der Waals surface area contributed by atoms with Crippen molar-refractivity contribution in [2.45, 2.75) is 0 Å². The van der Waals surface area contributed by atoms with E-state index in [0.717, 1.165) is 0 Å². The van der Waals surface area contributed by atoms with Crippen molar-refractivity contribution in [1.29, 1.82) is 0 Å². The second-order valence-corrected chi connectivity index (χ2v) is 2.03. The minimum absolute atomic E-state index is 0.218. The van der Waals surface area contributed by atoms with Gasteiger partial charge in [-0.25, -0.2) is 0 Å². The van der Waals surface area contributed by atoms with Crippen LogP contribution in [-0.2, 0) is 4.79 Å². The summed E-state index contributed by atoms with van der Waals surface area (Å²) >= 11 is 5.31. The van der Waals surface area contributed by atoms with Gasteiger partial charge in [-0.1, -0.05) is 11.6 Å². The van der Waals surface area contributed by atoms with Crippen LogP contribution in [0.2, 0.25) is 0 Å². The molecule has 3 heteroatoms. The molecule has 0 saturated heterocycles. The molecule has 0 fully saturated rings. The summed E-state index contributed by atoms with van der Waals surface area (Å²) in [5.74, 6) is 0. The summed E-state index contributed by atoms with van der Waals surface area (Å²) in [6.07, 6.45) is 2.14. The summed E-state index contributed by atoms with van der Waals surface area (Å²) in [7, 11) is 3.60. The molecule has 8 heavy (non-hydrogen) atoms. The first kappa shape index (κ1) is 7.50. The highest BCUT2D eigenvalue weighted by atomic mass is 35.5. The van der Waals surface area contributed by atoms with Gasteiger partial charge in [-0.2, -0.15) is 0 Å². The molecule has 0 atom stereocenters. The minimum atomic E-state index is 0.218. The van der Waals surface area contributed by atoms with E-state index in [-0.39, 0.29) is 5.03 Å². The maximum atomic E-state index is 9.81. The van der Waals surface area contributed by atoms with Crippen LogP contribution in [0.5, 0.6) is 0 Å². The molecular weight excluding hydrogens is 126 g/mol. The van der Waals surface area contributed by atoms with Crippen molar-refractivity contribution in [3.63, 3.8) is 0 Å². The Kier molecular flexibility index (Phi) is 3.28. The quantitative estimate of drug-likeness (QED) is 0.411. The summed E-state index contributed by atoms with van der Waals surface area (Å²) < 4.78 is 0. The summed E-state index contributed by atoms with van der Waals surface area (Å²) in [5, 5.41) is 0.218. The highest BCUT2D eigenvalue weighted by Crippen LogP contribution is 1.95. The van der Waals surface area contributed by atoms with E-state index < -0.39 is 0 Å². The monoisotopic (exact) mass is 133 g/mol. The number of carbonyl (C=O) groups excluding carboxylic acids is 1. The molecular formula is C5H8ClNO. The van der Waals surface area contributed by atoms with Crippen LogP contribution in [0.4, 0.5) is 0 Å². The lowest BCUT2D eigenvalue weighted by Crippen LogP contribution is -2.01. The van der Waals surface area contributed by atoms with Crippen LogP contribution in [-0.4, -0.2) is 25.3 Å². The van der Waals surface area contributed by atoms with Gasteiger partial charge in [0.25, 0.3) is 0 Å². The van der Waals surface area contributed by atoms with Crippen molar-refractivity contribution >= 4 is 17.9 Å². The van der Waals surface area contributed by atoms with E-state index in [1.807, 2.05) is 0 Å². The third kappa shape index (κ3) is 3.68. The smallest absolute Gasteiger partial charge is 0.162 e. The molecule has 0 radical (unpaired) electrons. The fourth-order valence-electron chi connectivity index (χ4n) is 0.277. The zero-order valence-electron chi connectivity index (χ0n) is 4.89. The molecule has 2 nitrogen and oxygen atoms in total. The molecule has 0 aromatic heterocycles. The fourth-order valence-corrected chi connectivity index (χ4v) is 0.472. The Balaban J connectivity index is 3.74. The summed E-state index contributed by atoms with van der Waals surface area (Å²) in [5.41, 5.74) is 0. The molecule has 0 aliphatic rings. The van der Waals surface area contributed by atoms with E-state index in [0.29, 0.717) is 6.29 Å². The van der Waals surface area contributed by atoms with Crippen molar-refractivity contribution in [1.82, 2.24) is 4.90 Å². The molecule has 0 spiro atoms. The third-order valence-corrected chi connectivity index (χ3v) is 0.681. The van der Waals surface area contributed by atoms with Gasteiger partial charge in [0.1, 0.15) is 0 Å². The first-order valence-corrected chi connectivity index (χ1v) is 2.53. The van der Waals surface area contributed by atoms with Crippen LogP contribution in [0.3, 0.4) is 0 Å². The molecule has 0 aromatic rings. The number of allylic oxidation sites excluding steroid dienone is 1. The Hall–Kier alpha value is -0.500. The van der Waals surface area contributed by atoms with Gasteiger partial charge in [0, 0.05) is 20.3 Å². The average molecular weight is 134 g/mol. The average Bonchev–Trinajstić information content (AvgIpc) is 1.65. The maximum absolute atomic E-state index is 9.81. The van der Waals surface area contributed by atoms with Gasteiger partial charge >= 0.3 is 0 Å². The number of hydrogen-bond donors (Lipinski definition) is 0. The van der Waals surface area contributed by atoms with Gasteiger partial charge in [-0.15, -0.1) is 0 Å². The van der Waals surface area contributed by atoms with Crippen LogP contribution in [0.1, 0.15) is 0 Å². The Bertz CT molecular complexity index is 109. The van der Waals surface area contributed by atoms with Gasteiger partial charge in [0.2, 0.25) is 0 Å². The number of nitrogens with zero attached hydrogens (tertiary/aromatic N) is 1. The first-order valence-electron chi connectivity index (χ1n) is 2.15. The number of carbonyl (C=O) groups is 1. The SMILES string of the molecule is CN(C)C=C(Cl)C=O. The molecule has 0 saturated carbocycles. The predicted octanol–water partition coefficient (Wildman–Crippen LogP) is 0.827. The molecule has 46 valence electrons. The zero-order chi connectivity index (χ0) is 6.57. The van der Waals surface area contributed by atoms with Crippen molar-refractivity contribution in [3.05, 3.63) is 11.2 Å². The van der Waals surface area contributed by atoms with E-state index in [9.17, 15) is 4.79 Å². The largest absolute Gasteiger partial charge is 0.382 e. The number of aldehydes is 1. The lowest BCUT2D eigenvalue weighted by molar-refractivity contribution is -0.104. The van der Waals surface area contributed by atoms with Crippen molar-refractivity contribution in [2.75, 3.05) is 14.1 Å². The van der Waals surface area contributed by atoms with Gasteiger partial charge in [-0.3, -0.25) is 4.79 Å². The molecule has 0 rings (SSSR count). The van der Waals surface area contributed by atoms with E-state index in [1.165, 1.54) is 6.20 Å².